The molecule has 1 aliphatic heterocycles. The number of benzene rings is 1. The van der Waals surface area contributed by atoms with E-state index in [-0.39, 0.29) is 6.42 Å². The second-order valence-electron chi connectivity index (χ2n) is 4.97. The smallest absolute Gasteiger partial charge is 0.322 e. The number of imide groups is 1. The largest absolute Gasteiger partial charge is 0.325 e. The molecule has 8 nitrogen and oxygen atoms in total. The molecule has 22 heavy (non-hydrogen) atoms. The van der Waals surface area contributed by atoms with Crippen LogP contribution >= 0.6 is 0 Å². The van der Waals surface area contributed by atoms with Gasteiger partial charge in [0.25, 0.3) is 0 Å². The van der Waals surface area contributed by atoms with Crippen LogP contribution < -0.4 is 21.7 Å². The van der Waals surface area contributed by atoms with Gasteiger partial charge in [-0.15, -0.1) is 0 Å². The summed E-state index contributed by atoms with van der Waals surface area (Å²) >= 11 is 0. The third-order valence-corrected chi connectivity index (χ3v) is 3.13. The molecule has 1 aliphatic rings. The molecule has 1 heterocycles. The fraction of sp³-hybridized carbons (Fsp3) is 0.286. The Morgan fingerprint density at radius 1 is 1.36 bits per heavy atom. The van der Waals surface area contributed by atoms with E-state index in [1.165, 1.54) is 0 Å². The molecule has 8 heteroatoms. The molecule has 5 N–H and O–H groups in total. The molecule has 1 aromatic carbocycles. The summed E-state index contributed by atoms with van der Waals surface area (Å²) in [6.45, 7) is 0. The van der Waals surface area contributed by atoms with Crippen LogP contribution in [0.25, 0.3) is 0 Å². The van der Waals surface area contributed by atoms with E-state index in [4.69, 9.17) is 5.73 Å². The highest BCUT2D eigenvalue weighted by Gasteiger charge is 2.29. The molecule has 0 saturated carbocycles. The molecule has 1 fully saturated rings. The molecule has 0 radical (unpaired) electrons. The molecule has 2 rings (SSSR count). The number of aldehydes is 1. The summed E-state index contributed by atoms with van der Waals surface area (Å²) in [5.41, 5.74) is 6.92. The van der Waals surface area contributed by atoms with Crippen molar-refractivity contribution in [2.45, 2.75) is 24.9 Å². The summed E-state index contributed by atoms with van der Waals surface area (Å²) in [6.07, 6.45) is 0.979. The van der Waals surface area contributed by atoms with E-state index in [9.17, 15) is 19.2 Å². The van der Waals surface area contributed by atoms with Gasteiger partial charge in [-0.2, -0.15) is 0 Å². The molecule has 0 unspecified atom stereocenters. The molecule has 1 saturated heterocycles. The summed E-state index contributed by atoms with van der Waals surface area (Å²) < 4.78 is 0. The van der Waals surface area contributed by atoms with E-state index in [0.717, 1.165) is 5.56 Å². The zero-order valence-corrected chi connectivity index (χ0v) is 11.7. The summed E-state index contributed by atoms with van der Waals surface area (Å²) in [7, 11) is 0. The number of nitrogens with two attached hydrogens (primary N) is 1. The number of amides is 4. The van der Waals surface area contributed by atoms with Gasteiger partial charge in [-0.25, -0.2) is 4.79 Å². The van der Waals surface area contributed by atoms with Gasteiger partial charge in [0.1, 0.15) is 12.3 Å². The van der Waals surface area contributed by atoms with Gasteiger partial charge in [-0.05, 0) is 24.1 Å². The van der Waals surface area contributed by atoms with Crippen molar-refractivity contribution in [2.75, 3.05) is 5.32 Å². The average molecular weight is 304 g/mol. The lowest BCUT2D eigenvalue weighted by Gasteiger charge is -2.22. The van der Waals surface area contributed by atoms with Crippen LogP contribution in [0.1, 0.15) is 12.0 Å². The van der Waals surface area contributed by atoms with Crippen molar-refractivity contribution in [1.29, 1.82) is 0 Å². The van der Waals surface area contributed by atoms with Gasteiger partial charge in [0.2, 0.25) is 11.8 Å². The summed E-state index contributed by atoms with van der Waals surface area (Å²) in [4.78, 5) is 44.9. The zero-order valence-electron chi connectivity index (χ0n) is 11.7. The van der Waals surface area contributed by atoms with E-state index in [1.54, 1.807) is 24.3 Å². The van der Waals surface area contributed by atoms with Crippen molar-refractivity contribution in [3.8, 4) is 0 Å². The third kappa shape index (κ3) is 4.13. The fourth-order valence-electron chi connectivity index (χ4n) is 2.04. The minimum atomic E-state index is -0.899. The summed E-state index contributed by atoms with van der Waals surface area (Å²) in [5.74, 6) is -0.970. The van der Waals surface area contributed by atoms with Crippen LogP contribution in [-0.4, -0.2) is 36.2 Å². The molecule has 2 atom stereocenters. The normalized spacial score (nSPS) is 18.9. The zero-order chi connectivity index (χ0) is 16.1. The van der Waals surface area contributed by atoms with Crippen LogP contribution in [0.2, 0.25) is 0 Å². The van der Waals surface area contributed by atoms with Crippen LogP contribution in [0.3, 0.4) is 0 Å². The van der Waals surface area contributed by atoms with Gasteiger partial charge in [-0.3, -0.25) is 14.9 Å². The van der Waals surface area contributed by atoms with Gasteiger partial charge < -0.3 is 21.2 Å². The van der Waals surface area contributed by atoms with Crippen LogP contribution in [0.4, 0.5) is 10.5 Å². The first-order valence-corrected chi connectivity index (χ1v) is 6.69. The third-order valence-electron chi connectivity index (χ3n) is 3.13. The Bertz CT molecular complexity index is 583. The second-order valence-corrected chi connectivity index (χ2v) is 4.97. The van der Waals surface area contributed by atoms with Crippen LogP contribution in [0.15, 0.2) is 24.3 Å². The first kappa shape index (κ1) is 15.6. The number of urea groups is 1. The predicted octanol–water partition coefficient (Wildman–Crippen LogP) is -0.708. The summed E-state index contributed by atoms with van der Waals surface area (Å²) in [5, 5.41) is 7.04. The molecule has 1 aromatic rings. The lowest BCUT2D eigenvalue weighted by atomic mass is 10.1. The SMILES string of the molecule is N[C@H](C=O)Cc1ccc(NC(=O)[C@@H]2CC(=O)NC(=O)N2)cc1. The quantitative estimate of drug-likeness (QED) is 0.534. The maximum atomic E-state index is 12.0. The Morgan fingerprint density at radius 3 is 2.64 bits per heavy atom. The maximum Gasteiger partial charge on any atom is 0.322 e. The van der Waals surface area contributed by atoms with Gasteiger partial charge >= 0.3 is 6.03 Å². The minimum absolute atomic E-state index is 0.107. The van der Waals surface area contributed by atoms with E-state index < -0.39 is 29.9 Å². The fourth-order valence-corrected chi connectivity index (χ4v) is 2.04. The molecule has 0 aromatic heterocycles. The number of rotatable bonds is 5. The Kier molecular flexibility index (Phi) is 4.84. The highest BCUT2D eigenvalue weighted by atomic mass is 16.2. The Labute approximate surface area is 126 Å². The Hall–Kier alpha value is -2.74. The van der Waals surface area contributed by atoms with Gasteiger partial charge in [-0.1, -0.05) is 12.1 Å². The summed E-state index contributed by atoms with van der Waals surface area (Å²) in [6, 6.07) is 4.66. The van der Waals surface area contributed by atoms with E-state index in [0.29, 0.717) is 18.4 Å². The number of hydrogen-bond acceptors (Lipinski definition) is 5. The minimum Gasteiger partial charge on any atom is -0.325 e. The van der Waals surface area contributed by atoms with Crippen molar-refractivity contribution >= 4 is 29.8 Å². The molecule has 0 bridgehead atoms. The molecule has 116 valence electrons. The molecular formula is C14H16N4O4. The predicted molar refractivity (Wildman–Crippen MR) is 77.9 cm³/mol. The van der Waals surface area contributed by atoms with Crippen molar-refractivity contribution in [3.63, 3.8) is 0 Å². The Morgan fingerprint density at radius 2 is 2.05 bits per heavy atom. The number of carbonyl (C=O) groups is 4. The van der Waals surface area contributed by atoms with Gasteiger partial charge in [0.15, 0.2) is 0 Å². The maximum absolute atomic E-state index is 12.0. The standard InChI is InChI=1S/C14H16N4O4/c15-9(7-19)5-8-1-3-10(4-2-8)16-13(21)11-6-12(20)18-14(22)17-11/h1-4,7,9,11H,5-6,15H2,(H,16,21)(H2,17,18,20,22)/t9-,11-/m0/s1. The van der Waals surface area contributed by atoms with Gasteiger partial charge in [0.05, 0.1) is 12.5 Å². The van der Waals surface area contributed by atoms with Crippen molar-refractivity contribution in [3.05, 3.63) is 29.8 Å². The number of nitrogens with one attached hydrogen (secondary N) is 3. The van der Waals surface area contributed by atoms with E-state index in [2.05, 4.69) is 10.6 Å². The van der Waals surface area contributed by atoms with Crippen molar-refractivity contribution in [2.24, 2.45) is 5.73 Å². The number of hydrogen-bond donors (Lipinski definition) is 4. The van der Waals surface area contributed by atoms with Crippen LogP contribution in [-0.2, 0) is 20.8 Å². The molecule has 0 aliphatic carbocycles. The monoisotopic (exact) mass is 304 g/mol. The van der Waals surface area contributed by atoms with E-state index >= 15 is 0 Å². The lowest BCUT2D eigenvalue weighted by Crippen LogP contribution is -2.56. The lowest BCUT2D eigenvalue weighted by molar-refractivity contribution is -0.126. The van der Waals surface area contributed by atoms with Crippen LogP contribution in [0.5, 0.6) is 0 Å². The highest BCUT2D eigenvalue weighted by molar-refractivity contribution is 6.05. The van der Waals surface area contributed by atoms with E-state index in [1.807, 2.05) is 5.32 Å². The molecular weight excluding hydrogens is 288 g/mol. The first-order chi connectivity index (χ1) is 10.5. The van der Waals surface area contributed by atoms with Crippen molar-refractivity contribution < 1.29 is 19.2 Å². The topological polar surface area (TPSA) is 130 Å². The molecule has 0 spiro atoms. The van der Waals surface area contributed by atoms with Crippen LogP contribution in [0, 0.1) is 0 Å². The highest BCUT2D eigenvalue weighted by Crippen LogP contribution is 2.12. The Balaban J connectivity index is 1.95. The first-order valence-electron chi connectivity index (χ1n) is 6.69. The van der Waals surface area contributed by atoms with Crippen molar-refractivity contribution in [1.82, 2.24) is 10.6 Å². The average Bonchev–Trinajstić information content (AvgIpc) is 2.48. The van der Waals surface area contributed by atoms with Gasteiger partial charge in [0, 0.05) is 5.69 Å². The molecule has 4 amide bonds. The second kappa shape index (κ2) is 6.81. The number of anilines is 1. The number of carbonyl (C=O) groups excluding carboxylic acids is 4.